The molecule has 1 fully saturated rings. The highest BCUT2D eigenvalue weighted by Crippen LogP contribution is 2.26. The highest BCUT2D eigenvalue weighted by atomic mass is 16.6. The lowest BCUT2D eigenvalue weighted by molar-refractivity contribution is -0.563. The molecule has 1 aliphatic rings. The Morgan fingerprint density at radius 1 is 1.59 bits per heavy atom. The topological polar surface area (TPSA) is 72.9 Å². The Morgan fingerprint density at radius 2 is 2.41 bits per heavy atom. The van der Waals surface area contributed by atoms with E-state index >= 15 is 0 Å². The Morgan fingerprint density at radius 3 is 3.00 bits per heavy atom. The first-order valence-corrected chi connectivity index (χ1v) is 5.59. The van der Waals surface area contributed by atoms with E-state index in [0.717, 1.165) is 5.82 Å². The average Bonchev–Trinajstić information content (AvgIpc) is 2.69. The standard InChI is InChI=1S/C12H14N2O3/c1-12(6-5-11(16)17-12)9(15)8-14-10-4-2-3-7-13-10/h2-4,7H,5-6,8H2,1H3,(H,13,14)/p+1. The van der Waals surface area contributed by atoms with Crippen LogP contribution in [-0.4, -0.2) is 28.9 Å². The van der Waals surface area contributed by atoms with Gasteiger partial charge in [0.05, 0.1) is 0 Å². The number of Topliss-reactive ketones (excluding diaryl/α,β-unsaturated/α-hetero) is 1. The molecule has 2 heterocycles. The van der Waals surface area contributed by atoms with Gasteiger partial charge in [-0.3, -0.25) is 14.9 Å². The Labute approximate surface area is 99.2 Å². The van der Waals surface area contributed by atoms with Crippen molar-refractivity contribution in [1.82, 2.24) is 4.98 Å². The summed E-state index contributed by atoms with van der Waals surface area (Å²) < 4.78 is 5.07. The zero-order valence-corrected chi connectivity index (χ0v) is 9.68. The molecule has 0 aliphatic carbocycles. The molecule has 1 unspecified atom stereocenters. The Hall–Kier alpha value is -1.75. The number of aromatic nitrogens is 1. The largest absolute Gasteiger partial charge is 0.451 e. The first-order chi connectivity index (χ1) is 8.10. The summed E-state index contributed by atoms with van der Waals surface area (Å²) in [5, 5.41) is 1.75. The van der Waals surface area contributed by atoms with Crippen molar-refractivity contribution < 1.29 is 19.6 Å². The van der Waals surface area contributed by atoms with Crippen molar-refractivity contribution in [2.24, 2.45) is 0 Å². The van der Waals surface area contributed by atoms with Gasteiger partial charge in [0.25, 0.3) is 0 Å². The number of nitrogens with zero attached hydrogens (tertiary/aromatic N) is 1. The van der Waals surface area contributed by atoms with Crippen LogP contribution in [0.5, 0.6) is 0 Å². The molecule has 0 bridgehead atoms. The van der Waals surface area contributed by atoms with Gasteiger partial charge in [0.15, 0.2) is 5.60 Å². The molecule has 2 N–H and O–H groups in total. The Bertz CT molecular complexity index is 433. The predicted molar refractivity (Wildman–Crippen MR) is 59.4 cm³/mol. The molecule has 1 aromatic heterocycles. The van der Waals surface area contributed by atoms with E-state index in [1.807, 2.05) is 18.2 Å². The van der Waals surface area contributed by atoms with Crippen molar-refractivity contribution in [2.45, 2.75) is 25.4 Å². The van der Waals surface area contributed by atoms with E-state index in [1.54, 1.807) is 18.4 Å². The first-order valence-electron chi connectivity index (χ1n) is 5.59. The van der Waals surface area contributed by atoms with Crippen LogP contribution in [0.4, 0.5) is 5.82 Å². The van der Waals surface area contributed by atoms with E-state index < -0.39 is 5.60 Å². The zero-order valence-electron chi connectivity index (χ0n) is 9.68. The summed E-state index contributed by atoms with van der Waals surface area (Å²) in [6.07, 6.45) is 2.47. The fraction of sp³-hybridized carbons (Fsp3) is 0.417. The summed E-state index contributed by atoms with van der Waals surface area (Å²) in [5.41, 5.74) is -0.942. The predicted octanol–water partition coefficient (Wildman–Crippen LogP) is -0.0587. The molecular formula is C12H15N2O3+. The second kappa shape index (κ2) is 4.63. The van der Waals surface area contributed by atoms with Crippen LogP contribution in [0.2, 0.25) is 0 Å². The van der Waals surface area contributed by atoms with Crippen molar-refractivity contribution in [3.05, 3.63) is 24.4 Å². The van der Waals surface area contributed by atoms with Crippen LogP contribution < -0.4 is 5.32 Å². The number of ketones is 1. The number of pyridine rings is 1. The zero-order chi connectivity index (χ0) is 12.3. The number of nitrogens with two attached hydrogens (primary N) is 1. The maximum absolute atomic E-state index is 11.9. The summed E-state index contributed by atoms with van der Waals surface area (Å²) in [4.78, 5) is 27.1. The number of carbonyl (C=O) groups excluding carboxylic acids is 2. The summed E-state index contributed by atoms with van der Waals surface area (Å²) in [6.45, 7) is 1.91. The monoisotopic (exact) mass is 235 g/mol. The number of carbonyl (C=O) groups is 2. The van der Waals surface area contributed by atoms with E-state index in [2.05, 4.69) is 4.98 Å². The van der Waals surface area contributed by atoms with Crippen LogP contribution in [0.3, 0.4) is 0 Å². The van der Waals surface area contributed by atoms with Crippen LogP contribution in [0.1, 0.15) is 19.8 Å². The van der Waals surface area contributed by atoms with E-state index in [0.29, 0.717) is 12.8 Å². The SMILES string of the molecule is CC1(C(=O)C[NH2+]c2ccccn2)CCC(=O)O1. The van der Waals surface area contributed by atoms with Crippen LogP contribution in [0, 0.1) is 0 Å². The van der Waals surface area contributed by atoms with Gasteiger partial charge in [-0.15, -0.1) is 0 Å². The average molecular weight is 235 g/mol. The van der Waals surface area contributed by atoms with Crippen molar-refractivity contribution in [3.8, 4) is 0 Å². The van der Waals surface area contributed by atoms with Gasteiger partial charge < -0.3 is 4.74 Å². The number of hydrogen-bond donors (Lipinski definition) is 1. The lowest BCUT2D eigenvalue weighted by Gasteiger charge is -2.19. The van der Waals surface area contributed by atoms with Crippen molar-refractivity contribution >= 4 is 17.6 Å². The maximum Gasteiger partial charge on any atom is 0.306 e. The summed E-state index contributed by atoms with van der Waals surface area (Å²) in [6, 6.07) is 5.51. The number of rotatable bonds is 4. The molecule has 0 spiro atoms. The normalized spacial score (nSPS) is 23.5. The van der Waals surface area contributed by atoms with E-state index in [9.17, 15) is 9.59 Å². The van der Waals surface area contributed by atoms with Gasteiger partial charge >= 0.3 is 5.97 Å². The molecular weight excluding hydrogens is 220 g/mol. The molecule has 5 nitrogen and oxygen atoms in total. The Kier molecular flexibility index (Phi) is 3.19. The van der Waals surface area contributed by atoms with Gasteiger partial charge in [-0.05, 0) is 13.0 Å². The Balaban J connectivity index is 1.92. The second-order valence-corrected chi connectivity index (χ2v) is 4.29. The number of cyclic esters (lactones) is 1. The third kappa shape index (κ3) is 2.68. The molecule has 17 heavy (non-hydrogen) atoms. The lowest BCUT2D eigenvalue weighted by Crippen LogP contribution is -2.81. The van der Waals surface area contributed by atoms with Crippen LogP contribution >= 0.6 is 0 Å². The third-order valence-electron chi connectivity index (χ3n) is 2.92. The molecule has 0 radical (unpaired) electrons. The van der Waals surface area contributed by atoms with E-state index in [1.165, 1.54) is 0 Å². The molecule has 0 amide bonds. The third-order valence-corrected chi connectivity index (χ3v) is 2.92. The van der Waals surface area contributed by atoms with Gasteiger partial charge in [-0.1, -0.05) is 6.07 Å². The number of quaternary nitrogens is 1. The quantitative estimate of drug-likeness (QED) is 0.742. The maximum atomic E-state index is 11.9. The fourth-order valence-corrected chi connectivity index (χ4v) is 1.80. The number of esters is 1. The molecule has 0 aromatic carbocycles. The summed E-state index contributed by atoms with van der Waals surface area (Å²) in [5.74, 6) is 0.390. The second-order valence-electron chi connectivity index (χ2n) is 4.29. The van der Waals surface area contributed by atoms with Gasteiger partial charge in [-0.25, -0.2) is 4.98 Å². The van der Waals surface area contributed by atoms with E-state index in [-0.39, 0.29) is 18.3 Å². The van der Waals surface area contributed by atoms with Crippen molar-refractivity contribution in [1.29, 1.82) is 0 Å². The molecule has 1 atom stereocenters. The molecule has 0 saturated carbocycles. The number of hydrogen-bond acceptors (Lipinski definition) is 4. The molecule has 90 valence electrons. The highest BCUT2D eigenvalue weighted by molar-refractivity contribution is 5.92. The van der Waals surface area contributed by atoms with Gasteiger partial charge in [-0.2, -0.15) is 0 Å². The van der Waals surface area contributed by atoms with Crippen molar-refractivity contribution in [3.63, 3.8) is 0 Å². The van der Waals surface area contributed by atoms with Crippen LogP contribution in [-0.2, 0) is 14.3 Å². The summed E-state index contributed by atoms with van der Waals surface area (Å²) >= 11 is 0. The minimum atomic E-state index is -0.942. The minimum Gasteiger partial charge on any atom is -0.451 e. The molecule has 2 rings (SSSR count). The molecule has 1 aliphatic heterocycles. The van der Waals surface area contributed by atoms with E-state index in [4.69, 9.17) is 4.74 Å². The lowest BCUT2D eigenvalue weighted by atomic mass is 9.97. The molecule has 5 heteroatoms. The highest BCUT2D eigenvalue weighted by Gasteiger charge is 2.43. The molecule has 1 aromatic rings. The molecule has 1 saturated heterocycles. The van der Waals surface area contributed by atoms with Gasteiger partial charge in [0, 0.05) is 25.1 Å². The van der Waals surface area contributed by atoms with Crippen LogP contribution in [0.25, 0.3) is 0 Å². The van der Waals surface area contributed by atoms with Crippen molar-refractivity contribution in [2.75, 3.05) is 6.54 Å². The van der Waals surface area contributed by atoms with Gasteiger partial charge in [0.2, 0.25) is 11.6 Å². The first kappa shape index (κ1) is 11.7. The number of ether oxygens (including phenoxy) is 1. The summed E-state index contributed by atoms with van der Waals surface area (Å²) in [7, 11) is 0. The van der Waals surface area contributed by atoms with Gasteiger partial charge in [0.1, 0.15) is 6.54 Å². The van der Waals surface area contributed by atoms with Crippen LogP contribution in [0.15, 0.2) is 24.4 Å². The smallest absolute Gasteiger partial charge is 0.306 e. The fourth-order valence-electron chi connectivity index (χ4n) is 1.80. The minimum absolute atomic E-state index is 0.0750.